The minimum atomic E-state index is -3.50. The van der Waals surface area contributed by atoms with Crippen molar-refractivity contribution in [3.05, 3.63) is 65.5 Å². The van der Waals surface area contributed by atoms with E-state index in [0.717, 1.165) is 24.8 Å². The zero-order valence-electron chi connectivity index (χ0n) is 14.3. The van der Waals surface area contributed by atoms with Gasteiger partial charge in [0.2, 0.25) is 10.0 Å². The maximum atomic E-state index is 12.9. The largest absolute Gasteiger partial charge is 0.348 e. The fourth-order valence-electron chi connectivity index (χ4n) is 2.92. The predicted molar refractivity (Wildman–Crippen MR) is 96.6 cm³/mol. The summed E-state index contributed by atoms with van der Waals surface area (Å²) < 4.78 is 39.6. The average Bonchev–Trinajstić information content (AvgIpc) is 2.68. The van der Waals surface area contributed by atoms with E-state index < -0.39 is 10.0 Å². The van der Waals surface area contributed by atoms with Gasteiger partial charge in [-0.05, 0) is 54.8 Å². The lowest BCUT2D eigenvalue weighted by molar-refractivity contribution is 0.0951. The number of benzene rings is 2. The van der Waals surface area contributed by atoms with Gasteiger partial charge in [-0.3, -0.25) is 4.79 Å². The summed E-state index contributed by atoms with van der Waals surface area (Å²) in [6.45, 7) is 1.36. The minimum Gasteiger partial charge on any atom is -0.348 e. The zero-order chi connectivity index (χ0) is 18.6. The van der Waals surface area contributed by atoms with E-state index in [-0.39, 0.29) is 23.2 Å². The first-order chi connectivity index (χ1) is 12.5. The number of carbonyl (C=O) groups excluding carboxylic acids is 1. The van der Waals surface area contributed by atoms with Crippen molar-refractivity contribution in [1.29, 1.82) is 0 Å². The van der Waals surface area contributed by atoms with Crippen LogP contribution in [0.2, 0.25) is 0 Å². The molecule has 5 nitrogen and oxygen atoms in total. The number of rotatable bonds is 5. The van der Waals surface area contributed by atoms with Gasteiger partial charge in [0.1, 0.15) is 5.82 Å². The molecule has 138 valence electrons. The molecule has 26 heavy (non-hydrogen) atoms. The number of nitrogens with one attached hydrogen (secondary N) is 1. The molecule has 0 bridgehead atoms. The highest BCUT2D eigenvalue weighted by Crippen LogP contribution is 2.20. The predicted octanol–water partition coefficient (Wildman–Crippen LogP) is 2.93. The molecule has 1 heterocycles. The molecule has 1 aliphatic heterocycles. The number of hydrogen-bond donors (Lipinski definition) is 1. The Labute approximate surface area is 152 Å². The Morgan fingerprint density at radius 3 is 2.19 bits per heavy atom. The van der Waals surface area contributed by atoms with Crippen molar-refractivity contribution < 1.29 is 17.6 Å². The zero-order valence-corrected chi connectivity index (χ0v) is 15.1. The van der Waals surface area contributed by atoms with Gasteiger partial charge < -0.3 is 5.32 Å². The lowest BCUT2D eigenvalue weighted by Gasteiger charge is -2.25. The van der Waals surface area contributed by atoms with Crippen LogP contribution in [0.5, 0.6) is 0 Å². The Morgan fingerprint density at radius 1 is 0.962 bits per heavy atom. The molecule has 0 aliphatic carbocycles. The van der Waals surface area contributed by atoms with Gasteiger partial charge in [0.15, 0.2) is 0 Å². The topological polar surface area (TPSA) is 66.5 Å². The molecule has 1 fully saturated rings. The smallest absolute Gasteiger partial charge is 0.251 e. The molecule has 0 unspecified atom stereocenters. The van der Waals surface area contributed by atoms with Crippen molar-refractivity contribution in [3.63, 3.8) is 0 Å². The molecule has 0 radical (unpaired) electrons. The number of halogens is 1. The number of amides is 1. The fraction of sp³-hybridized carbons (Fsp3) is 0.316. The highest BCUT2D eigenvalue weighted by molar-refractivity contribution is 7.89. The second-order valence-corrected chi connectivity index (χ2v) is 8.24. The molecule has 1 aliphatic rings. The molecule has 0 atom stereocenters. The standard InChI is InChI=1S/C19H21FN2O3S/c20-17-8-4-15(5-9-17)14-21-19(23)16-6-10-18(11-7-16)26(24,25)22-12-2-1-3-13-22/h4-11H,1-3,12-14H2,(H,21,23). The molecule has 1 N–H and O–H groups in total. The van der Waals surface area contributed by atoms with Crippen LogP contribution in [-0.2, 0) is 16.6 Å². The Morgan fingerprint density at radius 2 is 1.58 bits per heavy atom. The molecule has 1 amide bonds. The van der Waals surface area contributed by atoms with Crippen molar-refractivity contribution in [2.24, 2.45) is 0 Å². The van der Waals surface area contributed by atoms with E-state index in [4.69, 9.17) is 0 Å². The molecular weight excluding hydrogens is 355 g/mol. The second-order valence-electron chi connectivity index (χ2n) is 6.30. The molecule has 2 aromatic carbocycles. The van der Waals surface area contributed by atoms with E-state index in [9.17, 15) is 17.6 Å². The third kappa shape index (κ3) is 4.28. The monoisotopic (exact) mass is 376 g/mol. The first-order valence-electron chi connectivity index (χ1n) is 8.60. The summed E-state index contributed by atoms with van der Waals surface area (Å²) in [4.78, 5) is 12.4. The summed E-state index contributed by atoms with van der Waals surface area (Å²) in [5.74, 6) is -0.637. The summed E-state index contributed by atoms with van der Waals surface area (Å²) in [7, 11) is -3.50. The normalized spacial score (nSPS) is 15.6. The van der Waals surface area contributed by atoms with Crippen molar-refractivity contribution in [2.75, 3.05) is 13.1 Å². The van der Waals surface area contributed by atoms with Crippen LogP contribution in [0.25, 0.3) is 0 Å². The summed E-state index contributed by atoms with van der Waals surface area (Å²) >= 11 is 0. The molecular formula is C19H21FN2O3S. The highest BCUT2D eigenvalue weighted by Gasteiger charge is 2.25. The van der Waals surface area contributed by atoms with Crippen LogP contribution < -0.4 is 5.32 Å². The van der Waals surface area contributed by atoms with Crippen LogP contribution >= 0.6 is 0 Å². The van der Waals surface area contributed by atoms with Gasteiger partial charge in [-0.15, -0.1) is 0 Å². The van der Waals surface area contributed by atoms with Crippen molar-refractivity contribution >= 4 is 15.9 Å². The Hall–Kier alpha value is -2.25. The molecule has 3 rings (SSSR count). The molecule has 7 heteroatoms. The van der Waals surface area contributed by atoms with E-state index in [1.165, 1.54) is 40.7 Å². The van der Waals surface area contributed by atoms with Gasteiger partial charge >= 0.3 is 0 Å². The third-order valence-corrected chi connectivity index (χ3v) is 6.35. The molecule has 0 spiro atoms. The Balaban J connectivity index is 1.64. The minimum absolute atomic E-state index is 0.203. The van der Waals surface area contributed by atoms with Gasteiger partial charge in [0.05, 0.1) is 4.90 Å². The van der Waals surface area contributed by atoms with Gasteiger partial charge in [-0.25, -0.2) is 12.8 Å². The van der Waals surface area contributed by atoms with E-state index in [1.807, 2.05) is 0 Å². The summed E-state index contributed by atoms with van der Waals surface area (Å²) in [6.07, 6.45) is 2.81. The fourth-order valence-corrected chi connectivity index (χ4v) is 4.44. The highest BCUT2D eigenvalue weighted by atomic mass is 32.2. The average molecular weight is 376 g/mol. The van der Waals surface area contributed by atoms with Crippen LogP contribution in [0.1, 0.15) is 35.2 Å². The number of carbonyl (C=O) groups is 1. The second kappa shape index (κ2) is 7.97. The van der Waals surface area contributed by atoms with E-state index in [2.05, 4.69) is 5.32 Å². The van der Waals surface area contributed by atoms with Crippen molar-refractivity contribution in [2.45, 2.75) is 30.7 Å². The van der Waals surface area contributed by atoms with Crippen LogP contribution in [0.15, 0.2) is 53.4 Å². The number of hydrogen-bond acceptors (Lipinski definition) is 3. The first kappa shape index (κ1) is 18.5. The van der Waals surface area contributed by atoms with Crippen molar-refractivity contribution in [1.82, 2.24) is 9.62 Å². The van der Waals surface area contributed by atoms with Crippen LogP contribution in [-0.4, -0.2) is 31.7 Å². The lowest BCUT2D eigenvalue weighted by atomic mass is 10.2. The van der Waals surface area contributed by atoms with Crippen LogP contribution in [0.4, 0.5) is 4.39 Å². The number of piperidine rings is 1. The van der Waals surface area contributed by atoms with Gasteiger partial charge in [0, 0.05) is 25.2 Å². The number of nitrogens with zero attached hydrogens (tertiary/aromatic N) is 1. The van der Waals surface area contributed by atoms with Gasteiger partial charge in [-0.2, -0.15) is 4.31 Å². The van der Waals surface area contributed by atoms with Crippen LogP contribution in [0, 0.1) is 5.82 Å². The van der Waals surface area contributed by atoms with E-state index in [1.54, 1.807) is 12.1 Å². The van der Waals surface area contributed by atoms with Gasteiger partial charge in [0.25, 0.3) is 5.91 Å². The third-order valence-electron chi connectivity index (χ3n) is 4.44. The first-order valence-corrected chi connectivity index (χ1v) is 10.0. The number of sulfonamides is 1. The quantitative estimate of drug-likeness (QED) is 0.873. The van der Waals surface area contributed by atoms with E-state index in [0.29, 0.717) is 18.7 Å². The Bertz CT molecular complexity index is 859. The Kier molecular flexibility index (Phi) is 5.68. The lowest BCUT2D eigenvalue weighted by Crippen LogP contribution is -2.35. The van der Waals surface area contributed by atoms with E-state index >= 15 is 0 Å². The summed E-state index contributed by atoms with van der Waals surface area (Å²) in [5.41, 5.74) is 1.16. The maximum absolute atomic E-state index is 12.9. The molecule has 2 aromatic rings. The van der Waals surface area contributed by atoms with Gasteiger partial charge in [-0.1, -0.05) is 18.6 Å². The maximum Gasteiger partial charge on any atom is 0.251 e. The van der Waals surface area contributed by atoms with Crippen LogP contribution in [0.3, 0.4) is 0 Å². The molecule has 0 aromatic heterocycles. The van der Waals surface area contributed by atoms with Crippen molar-refractivity contribution in [3.8, 4) is 0 Å². The molecule has 0 saturated carbocycles. The molecule has 1 saturated heterocycles. The summed E-state index contributed by atoms with van der Waals surface area (Å²) in [6, 6.07) is 11.8. The SMILES string of the molecule is O=C(NCc1ccc(F)cc1)c1ccc(S(=O)(=O)N2CCCCC2)cc1. The summed E-state index contributed by atoms with van der Waals surface area (Å²) in [5, 5.41) is 2.74.